The number of rotatable bonds is 4. The fraction of sp³-hybridized carbons (Fsp3) is 0.211. The first-order chi connectivity index (χ1) is 11.0. The second-order valence-electron chi connectivity index (χ2n) is 6.29. The van der Waals surface area contributed by atoms with Gasteiger partial charge in [-0.15, -0.1) is 11.3 Å². The van der Waals surface area contributed by atoms with Gasteiger partial charge in [0.15, 0.2) is 0 Å². The molecule has 3 nitrogen and oxygen atoms in total. The number of aldehydes is 1. The lowest BCUT2D eigenvalue weighted by molar-refractivity contribution is -0.114. The van der Waals surface area contributed by atoms with Gasteiger partial charge in [-0.2, -0.15) is 5.26 Å². The minimum atomic E-state index is -0.358. The van der Waals surface area contributed by atoms with Crippen molar-refractivity contribution in [3.8, 4) is 17.2 Å². The average Bonchev–Trinajstić information content (AvgIpc) is 2.96. The molecule has 4 heteroatoms. The van der Waals surface area contributed by atoms with Crippen molar-refractivity contribution in [2.75, 3.05) is 0 Å². The molecule has 0 spiro atoms. The average molecular weight is 320 g/mol. The standard InChI is InChI=1S/C19H16N2OS/c1-19(2,12-22)8-16-7-15-10-21-11-17(18(15)23-16)14-5-3-13(9-20)4-6-14/h3-7,10-12H,8H2,1-2H3. The molecule has 0 atom stereocenters. The Balaban J connectivity index is 2.06. The molecule has 0 aliphatic carbocycles. The van der Waals surface area contributed by atoms with Crippen molar-refractivity contribution in [1.82, 2.24) is 4.98 Å². The van der Waals surface area contributed by atoms with Crippen LogP contribution in [0.5, 0.6) is 0 Å². The Hall–Kier alpha value is -2.51. The van der Waals surface area contributed by atoms with Crippen molar-refractivity contribution in [3.63, 3.8) is 0 Å². The van der Waals surface area contributed by atoms with Gasteiger partial charge in [-0.25, -0.2) is 0 Å². The fourth-order valence-electron chi connectivity index (χ4n) is 2.52. The van der Waals surface area contributed by atoms with Crippen molar-refractivity contribution in [2.24, 2.45) is 5.41 Å². The molecule has 0 saturated carbocycles. The zero-order valence-electron chi connectivity index (χ0n) is 13.0. The van der Waals surface area contributed by atoms with Crippen molar-refractivity contribution < 1.29 is 4.79 Å². The molecule has 0 N–H and O–H groups in total. The lowest BCUT2D eigenvalue weighted by Gasteiger charge is -2.14. The maximum absolute atomic E-state index is 11.2. The summed E-state index contributed by atoms with van der Waals surface area (Å²) < 4.78 is 1.17. The molecule has 0 saturated heterocycles. The molecule has 3 rings (SSSR count). The van der Waals surface area contributed by atoms with Crippen LogP contribution in [0.15, 0.2) is 42.7 Å². The van der Waals surface area contributed by atoms with Crippen LogP contribution in [0.4, 0.5) is 0 Å². The SMILES string of the molecule is CC(C)(C=O)Cc1cc2cncc(-c3ccc(C#N)cc3)c2s1. The Morgan fingerprint density at radius 2 is 2.00 bits per heavy atom. The molecule has 0 fully saturated rings. The van der Waals surface area contributed by atoms with Gasteiger partial charge in [0.25, 0.3) is 0 Å². The van der Waals surface area contributed by atoms with E-state index in [0.717, 1.165) is 29.2 Å². The Bertz CT molecular complexity index is 901. The first-order valence-corrected chi connectivity index (χ1v) is 8.17. The van der Waals surface area contributed by atoms with Crippen LogP contribution in [0.2, 0.25) is 0 Å². The number of fused-ring (bicyclic) bond motifs is 1. The quantitative estimate of drug-likeness (QED) is 0.660. The molecule has 114 valence electrons. The summed E-state index contributed by atoms with van der Waals surface area (Å²) in [7, 11) is 0. The predicted octanol–water partition coefficient (Wildman–Crippen LogP) is 4.60. The monoisotopic (exact) mass is 320 g/mol. The van der Waals surface area contributed by atoms with E-state index in [1.807, 2.05) is 50.5 Å². The number of hydrogen-bond donors (Lipinski definition) is 0. The van der Waals surface area contributed by atoms with E-state index < -0.39 is 0 Å². The molecule has 2 aromatic heterocycles. The Morgan fingerprint density at radius 3 is 2.65 bits per heavy atom. The summed E-state index contributed by atoms with van der Waals surface area (Å²) in [5, 5.41) is 10.0. The molecular weight excluding hydrogens is 304 g/mol. The van der Waals surface area contributed by atoms with E-state index in [-0.39, 0.29) is 5.41 Å². The Kier molecular flexibility index (Phi) is 3.97. The van der Waals surface area contributed by atoms with Crippen molar-refractivity contribution in [1.29, 1.82) is 5.26 Å². The van der Waals surface area contributed by atoms with E-state index in [1.165, 1.54) is 9.58 Å². The summed E-state index contributed by atoms with van der Waals surface area (Å²) in [4.78, 5) is 16.7. The Labute approximate surface area is 139 Å². The Morgan fingerprint density at radius 1 is 1.26 bits per heavy atom. The van der Waals surface area contributed by atoms with Gasteiger partial charge in [0.1, 0.15) is 6.29 Å². The third-order valence-electron chi connectivity index (χ3n) is 3.75. The third kappa shape index (κ3) is 3.15. The number of carbonyl (C=O) groups excluding carboxylic acids is 1. The molecule has 0 aliphatic heterocycles. The zero-order valence-corrected chi connectivity index (χ0v) is 13.9. The van der Waals surface area contributed by atoms with Crippen LogP contribution in [-0.2, 0) is 11.2 Å². The highest BCUT2D eigenvalue weighted by molar-refractivity contribution is 7.19. The van der Waals surface area contributed by atoms with Crippen LogP contribution in [0.3, 0.4) is 0 Å². The largest absolute Gasteiger partial charge is 0.303 e. The summed E-state index contributed by atoms with van der Waals surface area (Å²) in [6.45, 7) is 3.90. The van der Waals surface area contributed by atoms with Gasteiger partial charge in [0.05, 0.1) is 11.6 Å². The second-order valence-corrected chi connectivity index (χ2v) is 7.43. The molecule has 1 aromatic carbocycles. The molecule has 0 bridgehead atoms. The van der Waals surface area contributed by atoms with Crippen LogP contribution in [0.1, 0.15) is 24.3 Å². The maximum atomic E-state index is 11.2. The van der Waals surface area contributed by atoms with E-state index in [2.05, 4.69) is 17.1 Å². The van der Waals surface area contributed by atoms with Crippen molar-refractivity contribution in [2.45, 2.75) is 20.3 Å². The minimum Gasteiger partial charge on any atom is -0.303 e. The van der Waals surface area contributed by atoms with E-state index >= 15 is 0 Å². The molecule has 0 unspecified atom stereocenters. The smallest absolute Gasteiger partial charge is 0.125 e. The van der Waals surface area contributed by atoms with Crippen LogP contribution < -0.4 is 0 Å². The van der Waals surface area contributed by atoms with E-state index in [9.17, 15) is 4.79 Å². The highest BCUT2D eigenvalue weighted by atomic mass is 32.1. The summed E-state index contributed by atoms with van der Waals surface area (Å²) in [6.07, 6.45) is 5.45. The van der Waals surface area contributed by atoms with Gasteiger partial charge in [-0.05, 0) is 30.2 Å². The number of nitriles is 1. The molecule has 3 aromatic rings. The minimum absolute atomic E-state index is 0.358. The fourth-order valence-corrected chi connectivity index (χ4v) is 3.93. The topological polar surface area (TPSA) is 53.8 Å². The molecule has 0 amide bonds. The lowest BCUT2D eigenvalue weighted by atomic mass is 9.91. The number of pyridine rings is 1. The number of nitrogens with zero attached hydrogens (tertiary/aromatic N) is 2. The normalized spacial score (nSPS) is 11.3. The highest BCUT2D eigenvalue weighted by Crippen LogP contribution is 2.36. The van der Waals surface area contributed by atoms with Gasteiger partial charge >= 0.3 is 0 Å². The van der Waals surface area contributed by atoms with Crippen LogP contribution in [0.25, 0.3) is 21.2 Å². The molecule has 23 heavy (non-hydrogen) atoms. The van der Waals surface area contributed by atoms with Gasteiger partial charge in [0.2, 0.25) is 0 Å². The van der Waals surface area contributed by atoms with Gasteiger partial charge in [0, 0.05) is 38.3 Å². The molecule has 2 heterocycles. The second kappa shape index (κ2) is 5.94. The number of aromatic nitrogens is 1. The van der Waals surface area contributed by atoms with Gasteiger partial charge in [-0.1, -0.05) is 26.0 Å². The lowest BCUT2D eigenvalue weighted by Crippen LogP contribution is -2.15. The first-order valence-electron chi connectivity index (χ1n) is 7.36. The number of thiophene rings is 1. The van der Waals surface area contributed by atoms with Crippen molar-refractivity contribution in [3.05, 3.63) is 53.2 Å². The van der Waals surface area contributed by atoms with E-state index in [4.69, 9.17) is 5.26 Å². The van der Waals surface area contributed by atoms with Gasteiger partial charge < -0.3 is 4.79 Å². The highest BCUT2D eigenvalue weighted by Gasteiger charge is 2.19. The molecule has 0 aliphatic rings. The molecular formula is C19H16N2OS. The number of carbonyl (C=O) groups is 1. The van der Waals surface area contributed by atoms with Crippen LogP contribution >= 0.6 is 11.3 Å². The van der Waals surface area contributed by atoms with E-state index in [1.54, 1.807) is 11.3 Å². The summed E-state index contributed by atoms with van der Waals surface area (Å²) in [5.41, 5.74) is 2.40. The summed E-state index contributed by atoms with van der Waals surface area (Å²) >= 11 is 1.71. The summed E-state index contributed by atoms with van der Waals surface area (Å²) in [5.74, 6) is 0. The first kappa shape index (κ1) is 15.4. The number of benzene rings is 1. The predicted molar refractivity (Wildman–Crippen MR) is 93.3 cm³/mol. The molecule has 0 radical (unpaired) electrons. The zero-order chi connectivity index (χ0) is 16.4. The van der Waals surface area contributed by atoms with E-state index in [0.29, 0.717) is 5.56 Å². The van der Waals surface area contributed by atoms with Crippen LogP contribution in [-0.4, -0.2) is 11.3 Å². The van der Waals surface area contributed by atoms with Gasteiger partial charge in [-0.3, -0.25) is 4.98 Å². The maximum Gasteiger partial charge on any atom is 0.125 e. The third-order valence-corrected chi connectivity index (χ3v) is 4.93. The number of hydrogen-bond acceptors (Lipinski definition) is 4. The van der Waals surface area contributed by atoms with Crippen LogP contribution in [0, 0.1) is 16.7 Å². The van der Waals surface area contributed by atoms with Crippen molar-refractivity contribution >= 4 is 27.7 Å². The summed E-state index contributed by atoms with van der Waals surface area (Å²) in [6, 6.07) is 11.8.